The topological polar surface area (TPSA) is 72.1 Å². The summed E-state index contributed by atoms with van der Waals surface area (Å²) in [5.41, 5.74) is 5.25. The van der Waals surface area contributed by atoms with Crippen LogP contribution in [-0.4, -0.2) is 14.9 Å². The van der Waals surface area contributed by atoms with E-state index in [1.165, 1.54) is 6.07 Å². The first kappa shape index (κ1) is 22.3. The zero-order valence-corrected chi connectivity index (χ0v) is 20.0. The lowest BCUT2D eigenvalue weighted by molar-refractivity contribution is 0.560. The van der Waals surface area contributed by atoms with Crippen molar-refractivity contribution in [3.63, 3.8) is 0 Å². The Kier molecular flexibility index (Phi) is 6.24. The lowest BCUT2D eigenvalue weighted by atomic mass is 10.1. The number of hydrogen-bond acceptors (Lipinski definition) is 4. The van der Waals surface area contributed by atoms with E-state index in [0.717, 1.165) is 33.6 Å². The monoisotopic (exact) mass is 486 g/mol. The zero-order chi connectivity index (χ0) is 23.0. The summed E-state index contributed by atoms with van der Waals surface area (Å²) in [6, 6.07) is 12.5. The van der Waals surface area contributed by atoms with Crippen molar-refractivity contribution in [2.75, 3.05) is 10.6 Å². The van der Waals surface area contributed by atoms with Gasteiger partial charge in [0.1, 0.15) is 5.58 Å². The number of benzene rings is 2. The van der Waals surface area contributed by atoms with Gasteiger partial charge in [-0.2, -0.15) is 5.10 Å². The average Bonchev–Trinajstić information content (AvgIpc) is 2.97. The van der Waals surface area contributed by atoms with E-state index in [1.807, 2.05) is 49.7 Å². The molecule has 2 aromatic carbocycles. The average molecular weight is 487 g/mol. The molecule has 0 aliphatic carbocycles. The Balaban J connectivity index is 1.51. The quantitative estimate of drug-likeness (QED) is 0.269. The van der Waals surface area contributed by atoms with E-state index in [2.05, 4.69) is 15.7 Å². The van der Waals surface area contributed by atoms with Crippen molar-refractivity contribution in [2.24, 2.45) is 0 Å². The van der Waals surface area contributed by atoms with Gasteiger partial charge in [0.05, 0.1) is 33.7 Å². The standard InChI is InChI=1S/C23H20Cl2N4O2S/c1-12-8-21(30)31-20-10-16(5-6-17(12)20)26-23(32)27-22-13(2)28-29(14(22)3)11-15-4-7-18(24)19(25)9-15/h4-10H,11H2,1-3H3,(H2,26,27,32). The fourth-order valence-electron chi connectivity index (χ4n) is 3.52. The van der Waals surface area contributed by atoms with Gasteiger partial charge in [0.15, 0.2) is 5.11 Å². The van der Waals surface area contributed by atoms with Crippen molar-refractivity contribution in [1.29, 1.82) is 0 Å². The molecule has 0 amide bonds. The molecule has 4 aromatic rings. The second-order valence-electron chi connectivity index (χ2n) is 7.49. The van der Waals surface area contributed by atoms with Crippen molar-refractivity contribution in [1.82, 2.24) is 9.78 Å². The fraction of sp³-hybridized carbons (Fsp3) is 0.174. The van der Waals surface area contributed by atoms with Gasteiger partial charge in [0.2, 0.25) is 0 Å². The molecule has 0 radical (unpaired) electrons. The number of fused-ring (bicyclic) bond motifs is 1. The van der Waals surface area contributed by atoms with Crippen LogP contribution in [0.3, 0.4) is 0 Å². The largest absolute Gasteiger partial charge is 0.423 e. The summed E-state index contributed by atoms with van der Waals surface area (Å²) in [5, 5.41) is 13.3. The van der Waals surface area contributed by atoms with Gasteiger partial charge in [0.25, 0.3) is 0 Å². The highest BCUT2D eigenvalue weighted by atomic mass is 35.5. The molecule has 0 aliphatic rings. The zero-order valence-electron chi connectivity index (χ0n) is 17.6. The van der Waals surface area contributed by atoms with Crippen molar-refractivity contribution >= 4 is 62.9 Å². The van der Waals surface area contributed by atoms with Gasteiger partial charge >= 0.3 is 5.63 Å². The third-order valence-electron chi connectivity index (χ3n) is 5.15. The molecule has 164 valence electrons. The molecule has 0 unspecified atom stereocenters. The van der Waals surface area contributed by atoms with Crippen LogP contribution in [0.1, 0.15) is 22.5 Å². The van der Waals surface area contributed by atoms with Gasteiger partial charge in [-0.15, -0.1) is 0 Å². The molecule has 4 rings (SSSR count). The van der Waals surface area contributed by atoms with Crippen LogP contribution in [0.5, 0.6) is 0 Å². The van der Waals surface area contributed by atoms with Crippen LogP contribution in [0, 0.1) is 20.8 Å². The molecule has 0 aliphatic heterocycles. The third-order valence-corrected chi connectivity index (χ3v) is 6.09. The molecule has 0 saturated heterocycles. The number of thiocarbonyl (C=S) groups is 1. The summed E-state index contributed by atoms with van der Waals surface area (Å²) in [7, 11) is 0. The second-order valence-corrected chi connectivity index (χ2v) is 8.71. The van der Waals surface area contributed by atoms with Crippen LogP contribution in [0.4, 0.5) is 11.4 Å². The summed E-state index contributed by atoms with van der Waals surface area (Å²) in [6.45, 7) is 6.31. The minimum Gasteiger partial charge on any atom is -0.423 e. The summed E-state index contributed by atoms with van der Waals surface area (Å²) in [6.07, 6.45) is 0. The molecule has 2 N–H and O–H groups in total. The summed E-state index contributed by atoms with van der Waals surface area (Å²) in [5.74, 6) is 0. The second kappa shape index (κ2) is 8.94. The number of anilines is 2. The Bertz CT molecular complexity index is 1410. The molecule has 0 saturated carbocycles. The number of hydrogen-bond donors (Lipinski definition) is 2. The van der Waals surface area contributed by atoms with Gasteiger partial charge in [-0.25, -0.2) is 4.79 Å². The molecular formula is C23H20Cl2N4O2S. The molecule has 2 aromatic heterocycles. The summed E-state index contributed by atoms with van der Waals surface area (Å²) in [4.78, 5) is 11.7. The normalized spacial score (nSPS) is 11.0. The molecule has 6 nitrogen and oxygen atoms in total. The minimum atomic E-state index is -0.381. The van der Waals surface area contributed by atoms with Crippen molar-refractivity contribution < 1.29 is 4.42 Å². The van der Waals surface area contributed by atoms with Crippen LogP contribution in [-0.2, 0) is 6.54 Å². The Hall–Kier alpha value is -2.87. The van der Waals surface area contributed by atoms with Crippen LogP contribution in [0.25, 0.3) is 11.0 Å². The van der Waals surface area contributed by atoms with Crippen LogP contribution < -0.4 is 16.3 Å². The minimum absolute atomic E-state index is 0.381. The smallest absolute Gasteiger partial charge is 0.336 e. The van der Waals surface area contributed by atoms with Crippen molar-refractivity contribution in [3.05, 3.63) is 85.4 Å². The van der Waals surface area contributed by atoms with Gasteiger partial charge < -0.3 is 15.1 Å². The van der Waals surface area contributed by atoms with Gasteiger partial charge in [-0.1, -0.05) is 29.3 Å². The molecule has 0 fully saturated rings. The molecule has 32 heavy (non-hydrogen) atoms. The van der Waals surface area contributed by atoms with E-state index >= 15 is 0 Å². The molecule has 0 spiro atoms. The first-order valence-corrected chi connectivity index (χ1v) is 11.0. The van der Waals surface area contributed by atoms with Crippen molar-refractivity contribution in [2.45, 2.75) is 27.3 Å². The Morgan fingerprint density at radius 1 is 1.06 bits per heavy atom. The van der Waals surface area contributed by atoms with Crippen LogP contribution in [0.15, 0.2) is 51.7 Å². The molecule has 2 heterocycles. The highest BCUT2D eigenvalue weighted by Gasteiger charge is 2.14. The number of nitrogens with zero attached hydrogens (tertiary/aromatic N) is 2. The van der Waals surface area contributed by atoms with E-state index in [1.54, 1.807) is 12.1 Å². The maximum absolute atomic E-state index is 11.7. The van der Waals surface area contributed by atoms with E-state index < -0.39 is 0 Å². The summed E-state index contributed by atoms with van der Waals surface area (Å²) < 4.78 is 7.19. The van der Waals surface area contributed by atoms with E-state index in [9.17, 15) is 4.79 Å². The highest BCUT2D eigenvalue weighted by molar-refractivity contribution is 7.80. The maximum Gasteiger partial charge on any atom is 0.336 e. The first-order chi connectivity index (χ1) is 15.2. The number of rotatable bonds is 4. The van der Waals surface area contributed by atoms with Gasteiger partial charge in [-0.3, -0.25) is 4.68 Å². The van der Waals surface area contributed by atoms with Crippen molar-refractivity contribution in [3.8, 4) is 0 Å². The van der Waals surface area contributed by atoms with Crippen LogP contribution >= 0.6 is 35.4 Å². The third kappa shape index (κ3) is 4.65. The predicted molar refractivity (Wildman–Crippen MR) is 134 cm³/mol. The van der Waals surface area contributed by atoms with Crippen LogP contribution in [0.2, 0.25) is 10.0 Å². The Morgan fingerprint density at radius 3 is 2.59 bits per heavy atom. The lowest BCUT2D eigenvalue weighted by Crippen LogP contribution is -2.20. The predicted octanol–water partition coefficient (Wildman–Crippen LogP) is 6.08. The molecular weight excluding hydrogens is 467 g/mol. The lowest BCUT2D eigenvalue weighted by Gasteiger charge is -2.12. The first-order valence-electron chi connectivity index (χ1n) is 9.81. The molecule has 0 atom stereocenters. The Labute approximate surface area is 200 Å². The fourth-order valence-corrected chi connectivity index (χ4v) is 4.06. The summed E-state index contributed by atoms with van der Waals surface area (Å²) >= 11 is 17.6. The Morgan fingerprint density at radius 2 is 1.84 bits per heavy atom. The number of halogens is 2. The number of aryl methyl sites for hydroxylation is 2. The SMILES string of the molecule is Cc1nn(Cc2ccc(Cl)c(Cl)c2)c(C)c1NC(=S)Nc1ccc2c(C)cc(=O)oc2c1. The van der Waals surface area contributed by atoms with E-state index in [0.29, 0.717) is 33.0 Å². The van der Waals surface area contributed by atoms with Gasteiger partial charge in [-0.05, 0) is 68.4 Å². The highest BCUT2D eigenvalue weighted by Crippen LogP contribution is 2.26. The maximum atomic E-state index is 11.7. The molecule has 0 bridgehead atoms. The number of nitrogens with one attached hydrogen (secondary N) is 2. The van der Waals surface area contributed by atoms with E-state index in [-0.39, 0.29) is 5.63 Å². The molecule has 9 heteroatoms. The van der Waals surface area contributed by atoms with E-state index in [4.69, 9.17) is 39.8 Å². The van der Waals surface area contributed by atoms with Gasteiger partial charge in [0, 0.05) is 23.2 Å². The number of aromatic nitrogens is 2.